The lowest BCUT2D eigenvalue weighted by molar-refractivity contribution is 0.0724. The number of hydrogen-bond acceptors (Lipinski definition) is 5. The number of sulfone groups is 1. The standard InChI is InChI=1S/C25H28ClN3O4S/c1-17(2)29-22(14-27-25(29)34(31,32)16-18-6-4-8-20(26)12-18)15-28(21-10-11-21)24(30)19-7-5-9-23(13-19)33-3/h4-9,12-14,17,21H,10-11,15-16H2,1-3H3. The first-order valence-electron chi connectivity index (χ1n) is 11.2. The summed E-state index contributed by atoms with van der Waals surface area (Å²) in [6.45, 7) is 4.10. The molecule has 0 bridgehead atoms. The molecule has 180 valence electrons. The molecule has 0 unspecified atom stereocenters. The molecule has 7 nitrogen and oxygen atoms in total. The lowest BCUT2D eigenvalue weighted by Gasteiger charge is -2.25. The van der Waals surface area contributed by atoms with Crippen molar-refractivity contribution in [2.75, 3.05) is 7.11 Å². The van der Waals surface area contributed by atoms with Gasteiger partial charge in [0.05, 0.1) is 31.3 Å². The van der Waals surface area contributed by atoms with Crippen LogP contribution in [0.15, 0.2) is 59.9 Å². The SMILES string of the molecule is COc1cccc(C(=O)N(Cc2cnc(S(=O)(=O)Cc3cccc(Cl)c3)n2C(C)C)C2CC2)c1. The Morgan fingerprint density at radius 2 is 1.94 bits per heavy atom. The lowest BCUT2D eigenvalue weighted by atomic mass is 10.1. The van der Waals surface area contributed by atoms with E-state index in [9.17, 15) is 13.2 Å². The first kappa shape index (κ1) is 24.3. The molecule has 1 heterocycles. The van der Waals surface area contributed by atoms with Gasteiger partial charge in [-0.25, -0.2) is 13.4 Å². The Balaban J connectivity index is 1.64. The van der Waals surface area contributed by atoms with Crippen LogP contribution in [-0.4, -0.2) is 41.9 Å². The predicted octanol–water partition coefficient (Wildman–Crippen LogP) is 4.90. The molecule has 1 amide bonds. The number of carbonyl (C=O) groups excluding carboxylic acids is 1. The molecular formula is C25H28ClN3O4S. The molecule has 0 radical (unpaired) electrons. The Bertz CT molecular complexity index is 1300. The smallest absolute Gasteiger partial charge is 0.254 e. The summed E-state index contributed by atoms with van der Waals surface area (Å²) in [5, 5.41) is 0.485. The first-order chi connectivity index (χ1) is 16.2. The lowest BCUT2D eigenvalue weighted by Crippen LogP contribution is -2.33. The molecule has 1 aromatic heterocycles. The highest BCUT2D eigenvalue weighted by molar-refractivity contribution is 7.90. The van der Waals surface area contributed by atoms with Crippen molar-refractivity contribution in [3.8, 4) is 5.75 Å². The van der Waals surface area contributed by atoms with Crippen molar-refractivity contribution in [1.82, 2.24) is 14.5 Å². The minimum atomic E-state index is -3.73. The fraction of sp³-hybridized carbons (Fsp3) is 0.360. The first-order valence-corrected chi connectivity index (χ1v) is 13.2. The molecule has 0 atom stereocenters. The number of halogens is 1. The van der Waals surface area contributed by atoms with E-state index >= 15 is 0 Å². The number of benzene rings is 2. The number of aromatic nitrogens is 2. The third-order valence-corrected chi connectivity index (χ3v) is 7.58. The number of imidazole rings is 1. The Labute approximate surface area is 205 Å². The minimum absolute atomic E-state index is 0.00190. The van der Waals surface area contributed by atoms with Crippen LogP contribution in [0.1, 0.15) is 54.3 Å². The van der Waals surface area contributed by atoms with Crippen LogP contribution in [0.2, 0.25) is 5.02 Å². The second kappa shape index (κ2) is 9.80. The van der Waals surface area contributed by atoms with E-state index in [-0.39, 0.29) is 35.4 Å². The largest absolute Gasteiger partial charge is 0.497 e. The summed E-state index contributed by atoms with van der Waals surface area (Å²) in [4.78, 5) is 19.5. The number of ether oxygens (including phenoxy) is 1. The summed E-state index contributed by atoms with van der Waals surface area (Å²) >= 11 is 6.04. The molecule has 1 aliphatic carbocycles. The number of rotatable bonds is 9. The van der Waals surface area contributed by atoms with Crippen LogP contribution >= 0.6 is 11.6 Å². The zero-order valence-electron chi connectivity index (χ0n) is 19.4. The van der Waals surface area contributed by atoms with Crippen LogP contribution in [-0.2, 0) is 22.1 Å². The van der Waals surface area contributed by atoms with Gasteiger partial charge in [0.1, 0.15) is 5.75 Å². The minimum Gasteiger partial charge on any atom is -0.497 e. The highest BCUT2D eigenvalue weighted by Crippen LogP contribution is 2.32. The Hall–Kier alpha value is -2.84. The van der Waals surface area contributed by atoms with Gasteiger partial charge in [-0.3, -0.25) is 4.79 Å². The van der Waals surface area contributed by atoms with Gasteiger partial charge in [-0.2, -0.15) is 0 Å². The molecule has 0 spiro atoms. The Kier molecular flexibility index (Phi) is 7.00. The number of hydrogen-bond donors (Lipinski definition) is 0. The summed E-state index contributed by atoms with van der Waals surface area (Å²) in [5.41, 5.74) is 1.82. The van der Waals surface area contributed by atoms with Gasteiger partial charge in [0.25, 0.3) is 5.91 Å². The van der Waals surface area contributed by atoms with Crippen molar-refractivity contribution in [3.05, 3.63) is 76.6 Å². The van der Waals surface area contributed by atoms with Crippen LogP contribution in [0.5, 0.6) is 5.75 Å². The molecule has 34 heavy (non-hydrogen) atoms. The third-order valence-electron chi connectivity index (χ3n) is 5.78. The van der Waals surface area contributed by atoms with Gasteiger partial charge < -0.3 is 14.2 Å². The van der Waals surface area contributed by atoms with E-state index in [0.717, 1.165) is 12.8 Å². The van der Waals surface area contributed by atoms with Crippen molar-refractivity contribution in [1.29, 1.82) is 0 Å². The van der Waals surface area contributed by atoms with Gasteiger partial charge in [0.2, 0.25) is 15.0 Å². The molecular weight excluding hydrogens is 474 g/mol. The van der Waals surface area contributed by atoms with Gasteiger partial charge in [0, 0.05) is 22.7 Å². The molecule has 1 saturated carbocycles. The highest BCUT2D eigenvalue weighted by Gasteiger charge is 2.35. The second-order valence-corrected chi connectivity index (χ2v) is 11.1. The second-order valence-electron chi connectivity index (χ2n) is 8.78. The van der Waals surface area contributed by atoms with Gasteiger partial charge in [-0.1, -0.05) is 29.8 Å². The van der Waals surface area contributed by atoms with Crippen LogP contribution in [0.3, 0.4) is 0 Å². The molecule has 1 fully saturated rings. The maximum Gasteiger partial charge on any atom is 0.254 e. The van der Waals surface area contributed by atoms with E-state index in [0.29, 0.717) is 27.6 Å². The van der Waals surface area contributed by atoms with Gasteiger partial charge in [-0.15, -0.1) is 0 Å². The third kappa shape index (κ3) is 5.28. The molecule has 3 aromatic rings. The van der Waals surface area contributed by atoms with Gasteiger partial charge >= 0.3 is 0 Å². The molecule has 0 N–H and O–H groups in total. The zero-order chi connectivity index (χ0) is 24.5. The molecule has 4 rings (SSSR count). The van der Waals surface area contributed by atoms with E-state index in [2.05, 4.69) is 4.98 Å². The summed E-state index contributed by atoms with van der Waals surface area (Å²) < 4.78 is 33.6. The van der Waals surface area contributed by atoms with Crippen molar-refractivity contribution < 1.29 is 17.9 Å². The molecule has 0 aliphatic heterocycles. The molecule has 2 aromatic carbocycles. The normalized spacial score (nSPS) is 13.8. The van der Waals surface area contributed by atoms with Crippen molar-refractivity contribution in [2.24, 2.45) is 0 Å². The molecule has 1 aliphatic rings. The van der Waals surface area contributed by atoms with Gasteiger partial charge in [0.15, 0.2) is 0 Å². The van der Waals surface area contributed by atoms with Crippen LogP contribution in [0.4, 0.5) is 0 Å². The monoisotopic (exact) mass is 501 g/mol. The quantitative estimate of drug-likeness (QED) is 0.416. The average Bonchev–Trinajstić information content (AvgIpc) is 3.54. The van der Waals surface area contributed by atoms with Crippen molar-refractivity contribution in [2.45, 2.75) is 56.2 Å². The Morgan fingerprint density at radius 3 is 2.59 bits per heavy atom. The van der Waals surface area contributed by atoms with Crippen molar-refractivity contribution in [3.63, 3.8) is 0 Å². The highest BCUT2D eigenvalue weighted by atomic mass is 35.5. The number of methoxy groups -OCH3 is 1. The fourth-order valence-electron chi connectivity index (χ4n) is 4.04. The summed E-state index contributed by atoms with van der Waals surface area (Å²) in [7, 11) is -2.17. The number of amides is 1. The molecule has 0 saturated heterocycles. The van der Waals surface area contributed by atoms with Crippen molar-refractivity contribution >= 4 is 27.3 Å². The maximum absolute atomic E-state index is 13.4. The summed E-state index contributed by atoms with van der Waals surface area (Å²) in [6.07, 6.45) is 3.41. The summed E-state index contributed by atoms with van der Waals surface area (Å²) in [6, 6.07) is 13.8. The predicted molar refractivity (Wildman–Crippen MR) is 131 cm³/mol. The van der Waals surface area contributed by atoms with E-state index in [1.807, 2.05) is 13.8 Å². The van der Waals surface area contributed by atoms with Crippen LogP contribution in [0.25, 0.3) is 0 Å². The van der Waals surface area contributed by atoms with E-state index in [1.54, 1.807) is 71.3 Å². The van der Waals surface area contributed by atoms with Crippen LogP contribution in [0, 0.1) is 0 Å². The number of carbonyl (C=O) groups is 1. The topological polar surface area (TPSA) is 81.5 Å². The number of nitrogens with zero attached hydrogens (tertiary/aromatic N) is 3. The zero-order valence-corrected chi connectivity index (χ0v) is 21.0. The summed E-state index contributed by atoms with van der Waals surface area (Å²) in [5.74, 6) is 0.302. The van der Waals surface area contributed by atoms with E-state index < -0.39 is 9.84 Å². The Morgan fingerprint density at radius 1 is 1.21 bits per heavy atom. The van der Waals surface area contributed by atoms with E-state index in [1.165, 1.54) is 0 Å². The van der Waals surface area contributed by atoms with E-state index in [4.69, 9.17) is 16.3 Å². The van der Waals surface area contributed by atoms with Crippen LogP contribution < -0.4 is 4.74 Å². The van der Waals surface area contributed by atoms with Gasteiger partial charge in [-0.05, 0) is 62.6 Å². The average molecular weight is 502 g/mol. The molecule has 9 heteroatoms. The fourth-order valence-corrected chi connectivity index (χ4v) is 5.84. The maximum atomic E-state index is 13.4.